The van der Waals surface area contributed by atoms with Gasteiger partial charge in [0.2, 0.25) is 0 Å². The average Bonchev–Trinajstić information content (AvgIpc) is 3.08. The molecule has 0 amide bonds. The molecule has 3 aromatic heterocycles. The van der Waals surface area contributed by atoms with Crippen molar-refractivity contribution < 1.29 is 9.47 Å². The third kappa shape index (κ3) is 3.06. The molecule has 27 heavy (non-hydrogen) atoms. The molecule has 0 saturated carbocycles. The van der Waals surface area contributed by atoms with Crippen LogP contribution >= 0.6 is 0 Å². The Labute approximate surface area is 154 Å². The van der Waals surface area contributed by atoms with Crippen LogP contribution in [0.3, 0.4) is 0 Å². The number of aromatic nitrogens is 5. The molecule has 8 heteroatoms. The molecule has 136 valence electrons. The highest BCUT2D eigenvalue weighted by molar-refractivity contribution is 5.81. The van der Waals surface area contributed by atoms with E-state index in [-0.39, 0.29) is 5.56 Å². The highest BCUT2D eigenvalue weighted by atomic mass is 16.5. The highest BCUT2D eigenvalue weighted by Gasteiger charge is 2.18. The van der Waals surface area contributed by atoms with Crippen molar-refractivity contribution >= 4 is 5.65 Å². The van der Waals surface area contributed by atoms with Crippen molar-refractivity contribution in [1.82, 2.24) is 24.6 Å². The summed E-state index contributed by atoms with van der Waals surface area (Å²) in [5.74, 6) is 0.747. The Kier molecular flexibility index (Phi) is 4.39. The lowest BCUT2D eigenvalue weighted by atomic mass is 10.1. The highest BCUT2D eigenvalue weighted by Crippen LogP contribution is 2.29. The van der Waals surface area contributed by atoms with Gasteiger partial charge in [-0.15, -0.1) is 0 Å². The number of fused-ring (bicyclic) bond motifs is 1. The summed E-state index contributed by atoms with van der Waals surface area (Å²) in [6.07, 6.45) is 4.72. The molecule has 0 unspecified atom stereocenters. The number of benzene rings is 1. The summed E-state index contributed by atoms with van der Waals surface area (Å²) >= 11 is 0. The van der Waals surface area contributed by atoms with E-state index in [4.69, 9.17) is 9.47 Å². The molecule has 0 aliphatic heterocycles. The Bertz CT molecular complexity index is 1130. The molecule has 0 aliphatic carbocycles. The SMILES string of the molecule is COCc1[nH]n2c(=O)cc(-c3cnccn3)nc2c1-c1ccc(OC)cc1. The zero-order valence-corrected chi connectivity index (χ0v) is 14.8. The van der Waals surface area contributed by atoms with Gasteiger partial charge in [0.25, 0.3) is 5.56 Å². The second kappa shape index (κ2) is 7.00. The summed E-state index contributed by atoms with van der Waals surface area (Å²) in [6.45, 7) is 0.310. The van der Waals surface area contributed by atoms with Crippen molar-refractivity contribution in [3.8, 4) is 28.3 Å². The van der Waals surface area contributed by atoms with Gasteiger partial charge in [-0.2, -0.15) is 0 Å². The van der Waals surface area contributed by atoms with Crippen LogP contribution in [0.1, 0.15) is 5.69 Å². The number of nitrogens with zero attached hydrogens (tertiary/aromatic N) is 4. The summed E-state index contributed by atoms with van der Waals surface area (Å²) < 4.78 is 11.9. The zero-order valence-electron chi connectivity index (χ0n) is 14.8. The van der Waals surface area contributed by atoms with Crippen LogP contribution in [0.4, 0.5) is 0 Å². The predicted molar refractivity (Wildman–Crippen MR) is 99.5 cm³/mol. The van der Waals surface area contributed by atoms with Gasteiger partial charge in [-0.3, -0.25) is 19.9 Å². The normalized spacial score (nSPS) is 11.0. The molecule has 4 aromatic rings. The van der Waals surface area contributed by atoms with Crippen molar-refractivity contribution in [2.75, 3.05) is 14.2 Å². The number of aromatic amines is 1. The van der Waals surface area contributed by atoms with Gasteiger partial charge >= 0.3 is 0 Å². The number of nitrogens with one attached hydrogen (secondary N) is 1. The average molecular weight is 363 g/mol. The predicted octanol–water partition coefficient (Wildman–Crippen LogP) is 2.30. The zero-order chi connectivity index (χ0) is 18.8. The molecular formula is C19H17N5O3. The van der Waals surface area contributed by atoms with E-state index in [9.17, 15) is 4.79 Å². The van der Waals surface area contributed by atoms with E-state index in [1.807, 2.05) is 24.3 Å². The van der Waals surface area contributed by atoms with Gasteiger partial charge in [-0.1, -0.05) is 12.1 Å². The second-order valence-corrected chi connectivity index (χ2v) is 5.86. The lowest BCUT2D eigenvalue weighted by Gasteiger charge is -2.05. The molecule has 3 heterocycles. The van der Waals surface area contributed by atoms with Gasteiger partial charge in [0, 0.05) is 31.1 Å². The summed E-state index contributed by atoms with van der Waals surface area (Å²) in [7, 11) is 3.22. The third-order valence-corrected chi connectivity index (χ3v) is 4.18. The summed E-state index contributed by atoms with van der Waals surface area (Å²) in [5, 5.41) is 3.09. The first-order valence-electron chi connectivity index (χ1n) is 8.25. The second-order valence-electron chi connectivity index (χ2n) is 5.86. The Morgan fingerprint density at radius 3 is 2.59 bits per heavy atom. The molecule has 0 radical (unpaired) electrons. The molecule has 0 spiro atoms. The summed E-state index contributed by atoms with van der Waals surface area (Å²) in [5.41, 5.74) is 3.70. The van der Waals surface area contributed by atoms with Crippen LogP contribution in [0.5, 0.6) is 5.75 Å². The maximum Gasteiger partial charge on any atom is 0.273 e. The quantitative estimate of drug-likeness (QED) is 0.585. The van der Waals surface area contributed by atoms with Crippen LogP contribution in [0.25, 0.3) is 28.2 Å². The number of rotatable bonds is 5. The molecule has 0 fully saturated rings. The van der Waals surface area contributed by atoms with Crippen LogP contribution in [0.2, 0.25) is 0 Å². The van der Waals surface area contributed by atoms with Gasteiger partial charge in [0.05, 0.1) is 31.3 Å². The first kappa shape index (κ1) is 16.9. The first-order chi connectivity index (χ1) is 13.2. The third-order valence-electron chi connectivity index (χ3n) is 4.18. The Morgan fingerprint density at radius 1 is 1.11 bits per heavy atom. The van der Waals surface area contributed by atoms with Crippen molar-refractivity contribution in [3.05, 3.63) is 65.0 Å². The molecule has 0 saturated heterocycles. The smallest absolute Gasteiger partial charge is 0.273 e. The first-order valence-corrected chi connectivity index (χ1v) is 8.25. The lowest BCUT2D eigenvalue weighted by molar-refractivity contribution is 0.181. The van der Waals surface area contributed by atoms with Crippen molar-refractivity contribution in [1.29, 1.82) is 0 Å². The summed E-state index contributed by atoms with van der Waals surface area (Å²) in [4.78, 5) is 25.6. The van der Waals surface area contributed by atoms with E-state index in [1.54, 1.807) is 32.8 Å². The molecule has 8 nitrogen and oxygen atoms in total. The van der Waals surface area contributed by atoms with E-state index >= 15 is 0 Å². The number of methoxy groups -OCH3 is 2. The van der Waals surface area contributed by atoms with Crippen molar-refractivity contribution in [3.63, 3.8) is 0 Å². The Balaban J connectivity index is 1.98. The van der Waals surface area contributed by atoms with Crippen LogP contribution in [-0.2, 0) is 11.3 Å². The lowest BCUT2D eigenvalue weighted by Crippen LogP contribution is -2.14. The molecule has 0 aliphatic rings. The fourth-order valence-corrected chi connectivity index (χ4v) is 2.96. The van der Waals surface area contributed by atoms with E-state index in [1.165, 1.54) is 10.6 Å². The monoisotopic (exact) mass is 363 g/mol. The van der Waals surface area contributed by atoms with Gasteiger partial charge in [0.1, 0.15) is 11.4 Å². The van der Waals surface area contributed by atoms with Gasteiger partial charge < -0.3 is 9.47 Å². The number of hydrogen-bond donors (Lipinski definition) is 1. The minimum Gasteiger partial charge on any atom is -0.497 e. The minimum absolute atomic E-state index is 0.238. The Hall–Kier alpha value is -3.52. The van der Waals surface area contributed by atoms with Gasteiger partial charge in [0.15, 0.2) is 5.65 Å². The molecule has 0 atom stereocenters. The molecule has 1 aromatic carbocycles. The molecular weight excluding hydrogens is 346 g/mol. The largest absolute Gasteiger partial charge is 0.497 e. The van der Waals surface area contributed by atoms with Crippen LogP contribution in [-0.4, -0.2) is 38.8 Å². The fraction of sp³-hybridized carbons (Fsp3) is 0.158. The van der Waals surface area contributed by atoms with E-state index in [0.717, 1.165) is 22.6 Å². The maximum absolute atomic E-state index is 12.7. The van der Waals surface area contributed by atoms with E-state index < -0.39 is 0 Å². The van der Waals surface area contributed by atoms with Crippen LogP contribution in [0, 0.1) is 0 Å². The van der Waals surface area contributed by atoms with Crippen molar-refractivity contribution in [2.24, 2.45) is 0 Å². The topological polar surface area (TPSA) is 94.4 Å². The number of ether oxygens (including phenoxy) is 2. The van der Waals surface area contributed by atoms with Crippen LogP contribution in [0.15, 0.2) is 53.7 Å². The van der Waals surface area contributed by atoms with E-state index in [0.29, 0.717) is 23.6 Å². The Morgan fingerprint density at radius 2 is 1.93 bits per heavy atom. The van der Waals surface area contributed by atoms with Crippen LogP contribution < -0.4 is 10.3 Å². The number of hydrogen-bond acceptors (Lipinski definition) is 6. The van der Waals surface area contributed by atoms with Gasteiger partial charge in [-0.25, -0.2) is 9.50 Å². The standard InChI is InChI=1S/C19H17N5O3/c1-26-11-16-18(12-3-5-13(27-2)6-4-12)19-22-14(9-17(25)24(19)23-16)15-10-20-7-8-21-15/h3-10,23H,11H2,1-2H3. The minimum atomic E-state index is -0.238. The van der Waals surface area contributed by atoms with E-state index in [2.05, 4.69) is 20.1 Å². The molecule has 1 N–H and O–H groups in total. The molecule has 0 bridgehead atoms. The number of H-pyrrole nitrogens is 1. The molecule has 4 rings (SSSR count). The fourth-order valence-electron chi connectivity index (χ4n) is 2.96. The maximum atomic E-state index is 12.7. The van der Waals surface area contributed by atoms with Crippen molar-refractivity contribution in [2.45, 2.75) is 6.61 Å². The summed E-state index contributed by atoms with van der Waals surface area (Å²) in [6, 6.07) is 8.99. The van der Waals surface area contributed by atoms with Gasteiger partial charge in [-0.05, 0) is 17.7 Å².